The third kappa shape index (κ3) is 2.93. The van der Waals surface area contributed by atoms with E-state index in [1.807, 2.05) is 0 Å². The van der Waals surface area contributed by atoms with E-state index in [9.17, 15) is 0 Å². The molecular formula is C13H20N2OS. The Morgan fingerprint density at radius 3 is 2.88 bits per heavy atom. The number of thioether (sulfide) groups is 1. The Morgan fingerprint density at radius 2 is 2.24 bits per heavy atom. The lowest BCUT2D eigenvalue weighted by atomic mass is 9.83. The van der Waals surface area contributed by atoms with Crippen LogP contribution in [0.1, 0.15) is 20.8 Å². The van der Waals surface area contributed by atoms with E-state index in [0.717, 1.165) is 5.17 Å². The Labute approximate surface area is 107 Å². The number of amidine groups is 1. The molecule has 94 valence electrons. The Kier molecular flexibility index (Phi) is 3.64. The van der Waals surface area contributed by atoms with Crippen molar-refractivity contribution in [1.29, 1.82) is 0 Å². The maximum absolute atomic E-state index is 8.76. The van der Waals surface area contributed by atoms with E-state index < -0.39 is 0 Å². The molecule has 2 unspecified atom stereocenters. The molecule has 4 heteroatoms. The molecule has 0 radical (unpaired) electrons. The summed E-state index contributed by atoms with van der Waals surface area (Å²) in [5.41, 5.74) is 1.59. The van der Waals surface area contributed by atoms with Crippen LogP contribution in [0.2, 0.25) is 0 Å². The topological polar surface area (TPSA) is 44.6 Å². The van der Waals surface area contributed by atoms with Gasteiger partial charge in [0.2, 0.25) is 0 Å². The zero-order valence-corrected chi connectivity index (χ0v) is 11.4. The maximum Gasteiger partial charge on any atom is 0.157 e. The molecule has 0 saturated carbocycles. The van der Waals surface area contributed by atoms with E-state index in [1.54, 1.807) is 11.8 Å². The summed E-state index contributed by atoms with van der Waals surface area (Å²) in [5, 5.41) is 13.5. The van der Waals surface area contributed by atoms with Gasteiger partial charge in [-0.25, -0.2) is 0 Å². The highest BCUT2D eigenvalue weighted by atomic mass is 32.2. The summed E-state index contributed by atoms with van der Waals surface area (Å²) in [5.74, 6) is 0. The molecule has 0 aromatic heterocycles. The van der Waals surface area contributed by atoms with Crippen LogP contribution in [-0.4, -0.2) is 34.7 Å². The van der Waals surface area contributed by atoms with E-state index in [1.165, 1.54) is 5.57 Å². The summed E-state index contributed by atoms with van der Waals surface area (Å²) >= 11 is 1.75. The number of aliphatic imine (C=N–C) groups is 1. The lowest BCUT2D eigenvalue weighted by molar-refractivity contribution is 0.307. The molecule has 1 heterocycles. The molecule has 1 aliphatic carbocycles. The molecular weight excluding hydrogens is 232 g/mol. The molecule has 2 atom stereocenters. The van der Waals surface area contributed by atoms with Crippen molar-refractivity contribution in [2.75, 3.05) is 13.2 Å². The fourth-order valence-corrected chi connectivity index (χ4v) is 3.08. The number of hydrogen-bond donors (Lipinski definition) is 2. The van der Waals surface area contributed by atoms with Gasteiger partial charge >= 0.3 is 0 Å². The van der Waals surface area contributed by atoms with Crippen molar-refractivity contribution in [3.63, 3.8) is 0 Å². The van der Waals surface area contributed by atoms with Crippen molar-refractivity contribution < 1.29 is 5.11 Å². The minimum absolute atomic E-state index is 0.111. The molecule has 2 N–H and O–H groups in total. The number of aliphatic hydroxyl groups is 1. The molecule has 2 aliphatic rings. The largest absolute Gasteiger partial charge is 0.394 e. The highest BCUT2D eigenvalue weighted by Gasteiger charge is 2.32. The van der Waals surface area contributed by atoms with Crippen molar-refractivity contribution in [2.24, 2.45) is 10.4 Å². The van der Waals surface area contributed by atoms with Gasteiger partial charge < -0.3 is 10.4 Å². The molecule has 1 fully saturated rings. The first-order chi connectivity index (χ1) is 8.00. The first kappa shape index (κ1) is 12.7. The van der Waals surface area contributed by atoms with Crippen LogP contribution in [0.15, 0.2) is 28.8 Å². The van der Waals surface area contributed by atoms with Crippen molar-refractivity contribution in [2.45, 2.75) is 32.1 Å². The molecule has 1 saturated heterocycles. The number of fused-ring (bicyclic) bond motifs is 1. The van der Waals surface area contributed by atoms with Gasteiger partial charge in [-0.05, 0) is 11.0 Å². The summed E-state index contributed by atoms with van der Waals surface area (Å²) in [7, 11) is 0. The lowest BCUT2D eigenvalue weighted by Gasteiger charge is -2.26. The predicted molar refractivity (Wildman–Crippen MR) is 74.4 cm³/mol. The van der Waals surface area contributed by atoms with Crippen LogP contribution >= 0.6 is 11.8 Å². The van der Waals surface area contributed by atoms with Crippen LogP contribution in [0.3, 0.4) is 0 Å². The van der Waals surface area contributed by atoms with Gasteiger partial charge in [0.1, 0.15) is 0 Å². The van der Waals surface area contributed by atoms with Gasteiger partial charge in [0, 0.05) is 0 Å². The molecule has 0 aromatic rings. The van der Waals surface area contributed by atoms with Gasteiger partial charge in [-0.15, -0.1) is 0 Å². The normalized spacial score (nSPS) is 30.1. The van der Waals surface area contributed by atoms with Crippen LogP contribution in [0.4, 0.5) is 0 Å². The quantitative estimate of drug-likeness (QED) is 0.789. The highest BCUT2D eigenvalue weighted by Crippen LogP contribution is 2.35. The van der Waals surface area contributed by atoms with E-state index in [-0.39, 0.29) is 12.0 Å². The van der Waals surface area contributed by atoms with Gasteiger partial charge in [0.15, 0.2) is 5.17 Å². The second-order valence-corrected chi connectivity index (χ2v) is 6.56. The van der Waals surface area contributed by atoms with E-state index >= 15 is 0 Å². The molecule has 2 rings (SSSR count). The molecule has 17 heavy (non-hydrogen) atoms. The first-order valence-corrected chi connectivity index (χ1v) is 6.87. The maximum atomic E-state index is 8.76. The molecule has 0 spiro atoms. The molecule has 1 aliphatic heterocycles. The molecule has 0 amide bonds. The van der Waals surface area contributed by atoms with Crippen molar-refractivity contribution >= 4 is 16.9 Å². The first-order valence-electron chi connectivity index (χ1n) is 6.00. The molecule has 3 nitrogen and oxygen atoms in total. The van der Waals surface area contributed by atoms with Crippen LogP contribution < -0.4 is 5.32 Å². The van der Waals surface area contributed by atoms with E-state index in [2.05, 4.69) is 49.3 Å². The van der Waals surface area contributed by atoms with Gasteiger partial charge in [0.25, 0.3) is 0 Å². The lowest BCUT2D eigenvalue weighted by Crippen LogP contribution is -2.31. The standard InChI is InChI=1S/C13H20N2OS/c1-13(2,3)9-4-5-10-11(8-9)17-12(15-10)14-6-7-16/h4-5,8,10-11,16H,6-7H2,1-3H3,(H,14,15). The Hall–Kier alpha value is -0.740. The van der Waals surface area contributed by atoms with Crippen molar-refractivity contribution in [1.82, 2.24) is 5.32 Å². The second-order valence-electron chi connectivity index (χ2n) is 5.39. The fourth-order valence-electron chi connectivity index (χ4n) is 1.93. The summed E-state index contributed by atoms with van der Waals surface area (Å²) in [6, 6.07) is 0.351. The third-order valence-corrected chi connectivity index (χ3v) is 4.11. The number of aliphatic hydroxyl groups excluding tert-OH is 1. The molecule has 0 bridgehead atoms. The minimum Gasteiger partial charge on any atom is -0.394 e. The second kappa shape index (κ2) is 4.86. The Bertz CT molecular complexity index is 379. The summed E-state index contributed by atoms with van der Waals surface area (Å²) < 4.78 is 0. The summed E-state index contributed by atoms with van der Waals surface area (Å²) in [4.78, 5) is 4.31. The van der Waals surface area contributed by atoms with Crippen molar-refractivity contribution in [3.05, 3.63) is 23.8 Å². The van der Waals surface area contributed by atoms with Crippen LogP contribution in [0.5, 0.6) is 0 Å². The van der Waals surface area contributed by atoms with Crippen molar-refractivity contribution in [3.8, 4) is 0 Å². The van der Waals surface area contributed by atoms with Crippen LogP contribution in [0, 0.1) is 5.41 Å². The van der Waals surface area contributed by atoms with E-state index in [4.69, 9.17) is 5.11 Å². The van der Waals surface area contributed by atoms with Gasteiger partial charge in [0.05, 0.1) is 24.4 Å². The summed E-state index contributed by atoms with van der Waals surface area (Å²) in [6.45, 7) is 7.29. The summed E-state index contributed by atoms with van der Waals surface area (Å²) in [6.07, 6.45) is 6.77. The van der Waals surface area contributed by atoms with Crippen LogP contribution in [0.25, 0.3) is 0 Å². The predicted octanol–water partition coefficient (Wildman–Crippen LogP) is 1.95. The number of rotatable bonds is 2. The highest BCUT2D eigenvalue weighted by molar-refractivity contribution is 8.14. The molecule has 0 aromatic carbocycles. The Balaban J connectivity index is 2.09. The zero-order chi connectivity index (χ0) is 12.5. The number of allylic oxidation sites excluding steroid dienone is 2. The average molecular weight is 252 g/mol. The third-order valence-electron chi connectivity index (χ3n) is 2.94. The fraction of sp³-hybridized carbons (Fsp3) is 0.615. The zero-order valence-electron chi connectivity index (χ0n) is 10.6. The SMILES string of the molecule is CC(C)(C)C1=CC2SC(=NCCO)NC2C=C1. The van der Waals surface area contributed by atoms with E-state index in [0.29, 0.717) is 17.8 Å². The Morgan fingerprint density at radius 1 is 1.47 bits per heavy atom. The number of hydrogen-bond acceptors (Lipinski definition) is 3. The van der Waals surface area contributed by atoms with Gasteiger partial charge in [-0.3, -0.25) is 4.99 Å². The number of nitrogens with one attached hydrogen (secondary N) is 1. The number of nitrogens with zero attached hydrogens (tertiary/aromatic N) is 1. The monoisotopic (exact) mass is 252 g/mol. The van der Waals surface area contributed by atoms with Gasteiger partial charge in [-0.2, -0.15) is 0 Å². The smallest absolute Gasteiger partial charge is 0.157 e. The average Bonchev–Trinajstić information content (AvgIpc) is 2.66. The minimum atomic E-state index is 0.111. The van der Waals surface area contributed by atoms with Crippen LogP contribution in [-0.2, 0) is 0 Å². The van der Waals surface area contributed by atoms with Gasteiger partial charge in [-0.1, -0.05) is 50.8 Å².